The van der Waals surface area contributed by atoms with E-state index in [1.807, 2.05) is 6.92 Å². The van der Waals surface area contributed by atoms with E-state index in [1.54, 1.807) is 7.11 Å². The van der Waals surface area contributed by atoms with E-state index in [-0.39, 0.29) is 41.2 Å². The van der Waals surface area contributed by atoms with E-state index >= 15 is 0 Å². The Kier molecular flexibility index (Phi) is 5.09. The first-order valence-electron chi connectivity index (χ1n) is 10.9. The second-order valence-electron chi connectivity index (χ2n) is 9.96. The number of aliphatic hydroxyl groups is 1. The van der Waals surface area contributed by atoms with Crippen LogP contribution in [-0.4, -0.2) is 43.3 Å². The Hall–Kier alpha value is -0.650. The molecule has 0 aromatic heterocycles. The van der Waals surface area contributed by atoms with Crippen LogP contribution < -0.4 is 0 Å². The molecule has 9 atom stereocenters. The van der Waals surface area contributed by atoms with E-state index in [9.17, 15) is 9.90 Å². The lowest BCUT2D eigenvalue weighted by Gasteiger charge is -2.61. The molecule has 1 saturated heterocycles. The van der Waals surface area contributed by atoms with Crippen molar-refractivity contribution in [2.75, 3.05) is 13.7 Å². The zero-order chi connectivity index (χ0) is 19.4. The predicted molar refractivity (Wildman–Crippen MR) is 101 cm³/mol. The van der Waals surface area contributed by atoms with Crippen molar-refractivity contribution in [1.82, 2.24) is 0 Å². The standard InChI is InChI=1S/C22H36O5/c1-5-18(24)27-17-7-6-14-20-15(8-9-21(14,17)2)22(3)12-26-19(25-4)11-13(22)10-16(20)23/h13-17,19-20,23H,5-12H2,1-4H3/t13?,14?,15?,16-,17-,19-,20?,21-,22-/m0/s1. The monoisotopic (exact) mass is 380 g/mol. The zero-order valence-electron chi connectivity index (χ0n) is 17.3. The quantitative estimate of drug-likeness (QED) is 0.759. The molecule has 0 radical (unpaired) electrons. The Bertz CT molecular complexity index is 579. The Labute approximate surface area is 163 Å². The van der Waals surface area contributed by atoms with Gasteiger partial charge in [-0.3, -0.25) is 4.79 Å². The summed E-state index contributed by atoms with van der Waals surface area (Å²) in [5.74, 6) is 1.55. The molecule has 1 heterocycles. The zero-order valence-corrected chi connectivity index (χ0v) is 17.3. The summed E-state index contributed by atoms with van der Waals surface area (Å²) in [6.45, 7) is 7.26. The molecule has 0 bridgehead atoms. The lowest BCUT2D eigenvalue weighted by molar-refractivity contribution is -0.252. The van der Waals surface area contributed by atoms with Gasteiger partial charge < -0.3 is 19.3 Å². The normalized spacial score (nSPS) is 51.8. The van der Waals surface area contributed by atoms with Gasteiger partial charge in [0.1, 0.15) is 6.10 Å². The fourth-order valence-corrected chi connectivity index (χ4v) is 7.24. The number of ether oxygens (including phenoxy) is 3. The topological polar surface area (TPSA) is 65.0 Å². The SMILES string of the molecule is CCC(=O)O[C@H]1CCC2C3C(CC[C@@]21C)[C@@]1(C)CO[C@H](OC)CC1C[C@@H]3O. The van der Waals surface area contributed by atoms with Gasteiger partial charge in [0.2, 0.25) is 0 Å². The van der Waals surface area contributed by atoms with Crippen LogP contribution in [0.4, 0.5) is 0 Å². The Morgan fingerprint density at radius 2 is 1.89 bits per heavy atom. The highest BCUT2D eigenvalue weighted by Gasteiger charge is 2.63. The molecular formula is C22H36O5. The summed E-state index contributed by atoms with van der Waals surface area (Å²) in [6.07, 6.45) is 5.91. The maximum atomic E-state index is 11.9. The maximum absolute atomic E-state index is 11.9. The minimum Gasteiger partial charge on any atom is -0.462 e. The van der Waals surface area contributed by atoms with Crippen LogP contribution in [0.5, 0.6) is 0 Å². The Balaban J connectivity index is 1.58. The van der Waals surface area contributed by atoms with Crippen molar-refractivity contribution < 1.29 is 24.1 Å². The second kappa shape index (κ2) is 7.00. The summed E-state index contributed by atoms with van der Waals surface area (Å²) in [7, 11) is 1.71. The van der Waals surface area contributed by atoms with Crippen LogP contribution in [0.2, 0.25) is 0 Å². The van der Waals surface area contributed by atoms with Crippen LogP contribution >= 0.6 is 0 Å². The number of hydrogen-bond acceptors (Lipinski definition) is 5. The second-order valence-corrected chi connectivity index (χ2v) is 9.96. The third-order valence-electron chi connectivity index (χ3n) is 8.88. The molecule has 4 aliphatic rings. The third kappa shape index (κ3) is 2.96. The van der Waals surface area contributed by atoms with Crippen molar-refractivity contribution in [1.29, 1.82) is 0 Å². The average Bonchev–Trinajstić information content (AvgIpc) is 2.98. The van der Waals surface area contributed by atoms with Crippen LogP contribution in [0, 0.1) is 34.5 Å². The number of methoxy groups -OCH3 is 1. The predicted octanol–water partition coefficient (Wildman–Crippen LogP) is 3.53. The molecule has 5 heteroatoms. The van der Waals surface area contributed by atoms with Crippen molar-refractivity contribution in [2.24, 2.45) is 34.5 Å². The van der Waals surface area contributed by atoms with E-state index in [1.165, 1.54) is 0 Å². The molecular weight excluding hydrogens is 344 g/mol. The first-order chi connectivity index (χ1) is 12.8. The Morgan fingerprint density at radius 1 is 1.15 bits per heavy atom. The van der Waals surface area contributed by atoms with Crippen LogP contribution in [0.3, 0.4) is 0 Å². The van der Waals surface area contributed by atoms with Crippen LogP contribution in [0.1, 0.15) is 65.7 Å². The summed E-state index contributed by atoms with van der Waals surface area (Å²) >= 11 is 0. The van der Waals surface area contributed by atoms with Gasteiger partial charge >= 0.3 is 5.97 Å². The lowest BCUT2D eigenvalue weighted by atomic mass is 9.46. The molecule has 4 rings (SSSR count). The molecule has 0 spiro atoms. The molecule has 27 heavy (non-hydrogen) atoms. The number of esters is 1. The number of rotatable bonds is 3. The molecule has 1 aliphatic heterocycles. The van der Waals surface area contributed by atoms with Gasteiger partial charge in [-0.1, -0.05) is 20.8 Å². The summed E-state index contributed by atoms with van der Waals surface area (Å²) < 4.78 is 17.3. The van der Waals surface area contributed by atoms with Gasteiger partial charge in [0.25, 0.3) is 0 Å². The van der Waals surface area contributed by atoms with Crippen molar-refractivity contribution >= 4 is 5.97 Å². The summed E-state index contributed by atoms with van der Waals surface area (Å²) in [4.78, 5) is 11.9. The third-order valence-corrected chi connectivity index (χ3v) is 8.88. The first-order valence-corrected chi connectivity index (χ1v) is 10.9. The van der Waals surface area contributed by atoms with Crippen molar-refractivity contribution in [3.8, 4) is 0 Å². The largest absolute Gasteiger partial charge is 0.462 e. The molecule has 3 saturated carbocycles. The van der Waals surface area contributed by atoms with Crippen LogP contribution in [-0.2, 0) is 19.0 Å². The van der Waals surface area contributed by atoms with Gasteiger partial charge in [-0.15, -0.1) is 0 Å². The number of fused-ring (bicyclic) bond motifs is 5. The molecule has 0 amide bonds. The fourth-order valence-electron chi connectivity index (χ4n) is 7.24. The summed E-state index contributed by atoms with van der Waals surface area (Å²) in [5.41, 5.74) is 0.110. The van der Waals surface area contributed by atoms with Gasteiger partial charge in [-0.25, -0.2) is 0 Å². The van der Waals surface area contributed by atoms with E-state index in [2.05, 4.69) is 13.8 Å². The van der Waals surface area contributed by atoms with Crippen molar-refractivity contribution in [3.63, 3.8) is 0 Å². The Morgan fingerprint density at radius 3 is 2.59 bits per heavy atom. The minimum absolute atomic E-state index is 0.000756. The molecule has 0 aromatic carbocycles. The molecule has 154 valence electrons. The fraction of sp³-hybridized carbons (Fsp3) is 0.955. The van der Waals surface area contributed by atoms with Gasteiger partial charge in [0, 0.05) is 25.4 Å². The van der Waals surface area contributed by atoms with Gasteiger partial charge in [0.15, 0.2) is 6.29 Å². The van der Waals surface area contributed by atoms with Gasteiger partial charge in [-0.2, -0.15) is 0 Å². The molecule has 5 nitrogen and oxygen atoms in total. The highest BCUT2D eigenvalue weighted by Crippen LogP contribution is 2.65. The van der Waals surface area contributed by atoms with E-state index < -0.39 is 0 Å². The molecule has 0 aromatic rings. The van der Waals surface area contributed by atoms with Crippen LogP contribution in [0.25, 0.3) is 0 Å². The lowest BCUT2D eigenvalue weighted by Crippen LogP contribution is -2.60. The first kappa shape index (κ1) is 19.7. The number of carbonyl (C=O) groups excluding carboxylic acids is 1. The molecule has 3 aliphatic carbocycles. The van der Waals surface area contributed by atoms with Crippen LogP contribution in [0.15, 0.2) is 0 Å². The number of carbonyl (C=O) groups is 1. The van der Waals surface area contributed by atoms with Gasteiger partial charge in [-0.05, 0) is 61.2 Å². The average molecular weight is 381 g/mol. The van der Waals surface area contributed by atoms with Crippen molar-refractivity contribution in [2.45, 2.75) is 84.2 Å². The number of hydrogen-bond donors (Lipinski definition) is 1. The smallest absolute Gasteiger partial charge is 0.305 e. The summed E-state index contributed by atoms with van der Waals surface area (Å²) in [5, 5.41) is 11.2. The maximum Gasteiger partial charge on any atom is 0.305 e. The van der Waals surface area contributed by atoms with E-state index in [0.717, 1.165) is 45.1 Å². The summed E-state index contributed by atoms with van der Waals surface area (Å²) in [6, 6.07) is 0. The highest BCUT2D eigenvalue weighted by molar-refractivity contribution is 5.69. The van der Waals surface area contributed by atoms with Gasteiger partial charge in [0.05, 0.1) is 12.7 Å². The molecule has 4 unspecified atom stereocenters. The molecule has 4 fully saturated rings. The van der Waals surface area contributed by atoms with E-state index in [4.69, 9.17) is 14.2 Å². The van der Waals surface area contributed by atoms with Crippen molar-refractivity contribution in [3.05, 3.63) is 0 Å². The minimum atomic E-state index is -0.270. The molecule has 1 N–H and O–H groups in total. The highest BCUT2D eigenvalue weighted by atomic mass is 16.7. The van der Waals surface area contributed by atoms with E-state index in [0.29, 0.717) is 24.2 Å². The number of aliphatic hydroxyl groups excluding tert-OH is 1.